The zero-order chi connectivity index (χ0) is 14.3. The molecule has 2 heteroatoms. The molecule has 0 fully saturated rings. The van der Waals surface area contributed by atoms with Crippen LogP contribution in [0, 0.1) is 6.92 Å². The number of pyridine rings is 1. The normalized spacial score (nSPS) is 14.4. The molecule has 1 aliphatic carbocycles. The molecule has 0 N–H and O–H groups in total. The van der Waals surface area contributed by atoms with E-state index >= 15 is 0 Å². The molecule has 0 amide bonds. The summed E-state index contributed by atoms with van der Waals surface area (Å²) in [4.78, 5) is 5.05. The number of benzene rings is 1. The number of aromatic nitrogens is 1. The predicted molar refractivity (Wildman–Crippen MR) is 89.4 cm³/mol. The molecular formula is C18H23NSi. The van der Waals surface area contributed by atoms with Crippen molar-refractivity contribution >= 4 is 13.4 Å². The van der Waals surface area contributed by atoms with Gasteiger partial charge in [0.1, 0.15) is 8.07 Å². The first-order valence-electron chi connectivity index (χ1n) is 7.57. The van der Waals surface area contributed by atoms with E-state index in [2.05, 4.69) is 56.9 Å². The third-order valence-electron chi connectivity index (χ3n) is 4.25. The van der Waals surface area contributed by atoms with Crippen LogP contribution in [-0.2, 0) is 12.8 Å². The molecule has 20 heavy (non-hydrogen) atoms. The van der Waals surface area contributed by atoms with Crippen molar-refractivity contribution in [2.75, 3.05) is 0 Å². The monoisotopic (exact) mass is 281 g/mol. The molecule has 1 nitrogen and oxygen atoms in total. The summed E-state index contributed by atoms with van der Waals surface area (Å²) < 4.78 is 0. The van der Waals surface area contributed by atoms with Crippen molar-refractivity contribution in [2.45, 2.75) is 45.8 Å². The Morgan fingerprint density at radius 2 is 1.60 bits per heavy atom. The van der Waals surface area contributed by atoms with Crippen LogP contribution < -0.4 is 5.32 Å². The molecule has 0 unspecified atom stereocenters. The smallest absolute Gasteiger partial charge is 0.102 e. The summed E-state index contributed by atoms with van der Waals surface area (Å²) in [5, 5.41) is 1.39. The van der Waals surface area contributed by atoms with Gasteiger partial charge in [0.25, 0.3) is 0 Å². The third-order valence-corrected chi connectivity index (χ3v) is 6.03. The fourth-order valence-corrected chi connectivity index (χ4v) is 4.86. The van der Waals surface area contributed by atoms with Crippen molar-refractivity contribution in [3.05, 3.63) is 47.2 Å². The molecule has 104 valence electrons. The highest BCUT2D eigenvalue weighted by molar-refractivity contribution is 6.89. The molecule has 0 saturated heterocycles. The molecule has 0 aliphatic heterocycles. The second kappa shape index (κ2) is 4.85. The van der Waals surface area contributed by atoms with Crippen LogP contribution in [0.3, 0.4) is 0 Å². The van der Waals surface area contributed by atoms with Gasteiger partial charge in [-0.2, -0.15) is 0 Å². The maximum Gasteiger partial charge on any atom is 0.102 e. The van der Waals surface area contributed by atoms with E-state index in [4.69, 9.17) is 4.98 Å². The van der Waals surface area contributed by atoms with Gasteiger partial charge in [-0.1, -0.05) is 50.0 Å². The number of hydrogen-bond donors (Lipinski definition) is 0. The number of nitrogens with zero attached hydrogens (tertiary/aromatic N) is 1. The first-order valence-corrected chi connectivity index (χ1v) is 11.1. The molecule has 2 aromatic rings. The fourth-order valence-electron chi connectivity index (χ4n) is 3.31. The average molecular weight is 281 g/mol. The zero-order valence-electron chi connectivity index (χ0n) is 13.0. The molecule has 0 atom stereocenters. The van der Waals surface area contributed by atoms with Crippen LogP contribution in [0.25, 0.3) is 11.1 Å². The van der Waals surface area contributed by atoms with Gasteiger partial charge in [0.2, 0.25) is 0 Å². The average Bonchev–Trinajstić information content (AvgIpc) is 2.88. The summed E-state index contributed by atoms with van der Waals surface area (Å²) in [7, 11) is -1.45. The van der Waals surface area contributed by atoms with E-state index < -0.39 is 8.07 Å². The molecule has 3 rings (SSSR count). The standard InChI is InChI=1S/C18H23NSi/c1-13-15-11-8-12-16(15)17(14-9-6-5-7-10-14)18(19-13)20(2,3)4/h5-7,9-10H,8,11-12H2,1-4H3. The minimum atomic E-state index is -1.45. The van der Waals surface area contributed by atoms with Gasteiger partial charge in [0.15, 0.2) is 0 Å². The summed E-state index contributed by atoms with van der Waals surface area (Å²) in [6.45, 7) is 9.41. The molecular weight excluding hydrogens is 258 g/mol. The van der Waals surface area contributed by atoms with Gasteiger partial charge in [-0.15, -0.1) is 0 Å². The molecule has 1 aromatic heterocycles. The highest BCUT2D eigenvalue weighted by Gasteiger charge is 2.29. The highest BCUT2D eigenvalue weighted by atomic mass is 28.3. The Morgan fingerprint density at radius 1 is 0.950 bits per heavy atom. The largest absolute Gasteiger partial charge is 0.262 e. The van der Waals surface area contributed by atoms with Gasteiger partial charge in [-0.25, -0.2) is 0 Å². The molecule has 0 radical (unpaired) electrons. The Kier molecular flexibility index (Phi) is 3.29. The number of rotatable bonds is 2. The Bertz CT molecular complexity index is 639. The van der Waals surface area contributed by atoms with Crippen LogP contribution in [0.2, 0.25) is 19.6 Å². The van der Waals surface area contributed by atoms with Gasteiger partial charge < -0.3 is 0 Å². The van der Waals surface area contributed by atoms with E-state index in [0.717, 1.165) is 0 Å². The quantitative estimate of drug-likeness (QED) is 0.756. The molecule has 1 aliphatic rings. The van der Waals surface area contributed by atoms with Crippen LogP contribution >= 0.6 is 0 Å². The Labute approximate surface area is 123 Å². The van der Waals surface area contributed by atoms with Crippen molar-refractivity contribution < 1.29 is 0 Å². The summed E-state index contributed by atoms with van der Waals surface area (Å²) in [6, 6.07) is 10.9. The van der Waals surface area contributed by atoms with Gasteiger partial charge >= 0.3 is 0 Å². The SMILES string of the molecule is Cc1nc([Si](C)(C)C)c(-c2ccccc2)c2c1CCC2. The van der Waals surface area contributed by atoms with Crippen molar-refractivity contribution in [3.63, 3.8) is 0 Å². The maximum atomic E-state index is 5.05. The van der Waals surface area contributed by atoms with Crippen molar-refractivity contribution in [2.24, 2.45) is 0 Å². The van der Waals surface area contributed by atoms with Gasteiger partial charge in [-0.3, -0.25) is 4.98 Å². The third kappa shape index (κ3) is 2.22. The van der Waals surface area contributed by atoms with E-state index in [9.17, 15) is 0 Å². The van der Waals surface area contributed by atoms with Crippen molar-refractivity contribution in [1.29, 1.82) is 0 Å². The molecule has 0 saturated carbocycles. The van der Waals surface area contributed by atoms with E-state index in [1.54, 1.807) is 5.56 Å². The Hall–Kier alpha value is -1.41. The second-order valence-electron chi connectivity index (χ2n) is 6.85. The van der Waals surface area contributed by atoms with Gasteiger partial charge in [0, 0.05) is 16.6 Å². The molecule has 1 aromatic carbocycles. The highest BCUT2D eigenvalue weighted by Crippen LogP contribution is 2.33. The summed E-state index contributed by atoms with van der Waals surface area (Å²) >= 11 is 0. The van der Waals surface area contributed by atoms with Crippen LogP contribution in [0.5, 0.6) is 0 Å². The Balaban J connectivity index is 2.34. The number of hydrogen-bond acceptors (Lipinski definition) is 1. The lowest BCUT2D eigenvalue weighted by Crippen LogP contribution is -2.42. The van der Waals surface area contributed by atoms with Gasteiger partial charge in [-0.05, 0) is 42.9 Å². The lowest BCUT2D eigenvalue weighted by atomic mass is 9.98. The first-order chi connectivity index (χ1) is 9.48. The summed E-state index contributed by atoms with van der Waals surface area (Å²) in [5.41, 5.74) is 7.19. The lowest BCUT2D eigenvalue weighted by molar-refractivity contribution is 0.907. The van der Waals surface area contributed by atoms with Gasteiger partial charge in [0.05, 0.1) is 0 Å². The van der Waals surface area contributed by atoms with Crippen LogP contribution in [0.15, 0.2) is 30.3 Å². The molecule has 0 spiro atoms. The lowest BCUT2D eigenvalue weighted by Gasteiger charge is -2.24. The van der Waals surface area contributed by atoms with Crippen molar-refractivity contribution in [3.8, 4) is 11.1 Å². The van der Waals surface area contributed by atoms with E-state index in [1.807, 2.05) is 0 Å². The first kappa shape index (κ1) is 13.6. The number of aryl methyl sites for hydroxylation is 1. The number of fused-ring (bicyclic) bond motifs is 1. The minimum absolute atomic E-state index is 1.21. The maximum absolute atomic E-state index is 5.05. The van der Waals surface area contributed by atoms with Crippen LogP contribution in [0.4, 0.5) is 0 Å². The van der Waals surface area contributed by atoms with Crippen molar-refractivity contribution in [1.82, 2.24) is 4.98 Å². The Morgan fingerprint density at radius 3 is 2.25 bits per heavy atom. The predicted octanol–water partition coefficient (Wildman–Crippen LogP) is 4.09. The summed E-state index contributed by atoms with van der Waals surface area (Å²) in [5.74, 6) is 0. The molecule has 1 heterocycles. The zero-order valence-corrected chi connectivity index (χ0v) is 14.0. The molecule has 0 bridgehead atoms. The topological polar surface area (TPSA) is 12.9 Å². The van der Waals surface area contributed by atoms with E-state index in [1.165, 1.54) is 47.0 Å². The summed E-state index contributed by atoms with van der Waals surface area (Å²) in [6.07, 6.45) is 3.72. The van der Waals surface area contributed by atoms with E-state index in [-0.39, 0.29) is 0 Å². The van der Waals surface area contributed by atoms with E-state index in [0.29, 0.717) is 0 Å². The fraction of sp³-hybridized carbons (Fsp3) is 0.389. The van der Waals surface area contributed by atoms with Crippen LogP contribution in [0.1, 0.15) is 23.2 Å². The minimum Gasteiger partial charge on any atom is -0.262 e. The second-order valence-corrected chi connectivity index (χ2v) is 11.8. The van der Waals surface area contributed by atoms with Crippen LogP contribution in [-0.4, -0.2) is 13.1 Å².